The van der Waals surface area contributed by atoms with Gasteiger partial charge in [-0.1, -0.05) is 28.1 Å². The van der Waals surface area contributed by atoms with Crippen molar-refractivity contribution >= 4 is 33.8 Å². The van der Waals surface area contributed by atoms with Crippen LogP contribution in [0.3, 0.4) is 0 Å². The molecule has 3 amide bonds. The fourth-order valence-corrected chi connectivity index (χ4v) is 3.99. The van der Waals surface area contributed by atoms with Crippen molar-refractivity contribution in [2.75, 3.05) is 39.3 Å². The van der Waals surface area contributed by atoms with Crippen LogP contribution in [0, 0.1) is 0 Å². The molecule has 0 bridgehead atoms. The second kappa shape index (κ2) is 9.41. The Morgan fingerprint density at radius 1 is 1.24 bits per heavy atom. The first-order chi connectivity index (χ1) is 13.9. The van der Waals surface area contributed by atoms with Crippen LogP contribution < -0.4 is 10.6 Å². The van der Waals surface area contributed by atoms with E-state index in [9.17, 15) is 14.4 Å². The van der Waals surface area contributed by atoms with E-state index in [0.29, 0.717) is 44.0 Å². The van der Waals surface area contributed by atoms with Gasteiger partial charge in [-0.05, 0) is 24.6 Å². The summed E-state index contributed by atoms with van der Waals surface area (Å²) in [6, 6.07) is 6.52. The smallest absolute Gasteiger partial charge is 0.338 e. The van der Waals surface area contributed by atoms with Gasteiger partial charge in [-0.3, -0.25) is 9.69 Å². The lowest BCUT2D eigenvalue weighted by Gasteiger charge is -2.36. The fourth-order valence-electron chi connectivity index (χ4n) is 3.57. The summed E-state index contributed by atoms with van der Waals surface area (Å²) in [7, 11) is 0. The highest BCUT2D eigenvalue weighted by Gasteiger charge is 2.34. The molecule has 1 aromatic carbocycles. The Labute approximate surface area is 178 Å². The van der Waals surface area contributed by atoms with Gasteiger partial charge < -0.3 is 20.3 Å². The molecular formula is C20H25BrN4O4. The van der Waals surface area contributed by atoms with E-state index in [1.165, 1.54) is 0 Å². The van der Waals surface area contributed by atoms with Crippen LogP contribution in [0.5, 0.6) is 0 Å². The van der Waals surface area contributed by atoms with Crippen LogP contribution in [-0.2, 0) is 14.3 Å². The van der Waals surface area contributed by atoms with E-state index in [1.807, 2.05) is 24.3 Å². The van der Waals surface area contributed by atoms with Crippen molar-refractivity contribution in [2.45, 2.75) is 19.9 Å². The Kier molecular flexibility index (Phi) is 6.92. The van der Waals surface area contributed by atoms with Crippen LogP contribution in [0.25, 0.3) is 0 Å². The van der Waals surface area contributed by atoms with Crippen molar-refractivity contribution in [2.24, 2.45) is 0 Å². The first-order valence-corrected chi connectivity index (χ1v) is 10.4. The summed E-state index contributed by atoms with van der Waals surface area (Å²) in [6.07, 6.45) is 0. The molecule has 8 nitrogen and oxygen atoms in total. The molecule has 3 rings (SSSR count). The molecule has 1 saturated heterocycles. The molecule has 0 radical (unpaired) electrons. The maximum atomic E-state index is 12.8. The lowest BCUT2D eigenvalue weighted by Crippen LogP contribution is -2.52. The van der Waals surface area contributed by atoms with E-state index >= 15 is 0 Å². The number of piperazine rings is 1. The van der Waals surface area contributed by atoms with E-state index in [0.717, 1.165) is 10.0 Å². The van der Waals surface area contributed by atoms with Crippen molar-refractivity contribution < 1.29 is 19.1 Å². The largest absolute Gasteiger partial charge is 0.463 e. The number of carbonyl (C=O) groups is 3. The Morgan fingerprint density at radius 3 is 2.59 bits per heavy atom. The lowest BCUT2D eigenvalue weighted by atomic mass is 9.95. The second-order valence-electron chi connectivity index (χ2n) is 6.98. The minimum atomic E-state index is -0.603. The van der Waals surface area contributed by atoms with Crippen LogP contribution >= 0.6 is 15.9 Å². The van der Waals surface area contributed by atoms with Gasteiger partial charge in [-0.2, -0.15) is 0 Å². The van der Waals surface area contributed by atoms with Gasteiger partial charge in [0.15, 0.2) is 0 Å². The number of hydrogen-bond acceptors (Lipinski definition) is 5. The van der Waals surface area contributed by atoms with Gasteiger partial charge in [0.2, 0.25) is 5.91 Å². The number of esters is 1. The Balaban J connectivity index is 1.90. The molecule has 0 spiro atoms. The average Bonchev–Trinajstić information content (AvgIpc) is 2.68. The standard InChI is InChI=1S/C20H25BrN4O4/c1-3-29-19(27)17-16(12-24-7-9-25(10-8-24)13(2)26)22-20(28)23-18(17)14-5-4-6-15(21)11-14/h4-6,11,18H,3,7-10,12H2,1-2H3,(H2,22,23,28)/t18-/m1/s1. The van der Waals surface area contributed by atoms with Gasteiger partial charge in [-0.25, -0.2) is 9.59 Å². The van der Waals surface area contributed by atoms with Crippen LogP contribution in [0.15, 0.2) is 40.0 Å². The van der Waals surface area contributed by atoms with Gasteiger partial charge in [-0.15, -0.1) is 0 Å². The summed E-state index contributed by atoms with van der Waals surface area (Å²) in [4.78, 5) is 40.6. The topological polar surface area (TPSA) is 91.0 Å². The van der Waals surface area contributed by atoms with Gasteiger partial charge in [0.05, 0.1) is 18.2 Å². The minimum Gasteiger partial charge on any atom is -0.463 e. The molecular weight excluding hydrogens is 440 g/mol. The number of hydrogen-bond donors (Lipinski definition) is 2. The first-order valence-electron chi connectivity index (χ1n) is 9.60. The van der Waals surface area contributed by atoms with Crippen molar-refractivity contribution in [1.29, 1.82) is 0 Å². The lowest BCUT2D eigenvalue weighted by molar-refractivity contribution is -0.139. The minimum absolute atomic E-state index is 0.0564. The van der Waals surface area contributed by atoms with E-state index in [1.54, 1.807) is 18.7 Å². The SMILES string of the molecule is CCOC(=O)C1=C(CN2CCN(C(C)=O)CC2)NC(=O)N[C@@H]1c1cccc(Br)c1. The molecule has 2 N–H and O–H groups in total. The van der Waals surface area contributed by atoms with Gasteiger partial charge >= 0.3 is 12.0 Å². The highest BCUT2D eigenvalue weighted by Crippen LogP contribution is 2.29. The maximum absolute atomic E-state index is 12.8. The van der Waals surface area contributed by atoms with E-state index < -0.39 is 12.0 Å². The Bertz CT molecular complexity index is 834. The maximum Gasteiger partial charge on any atom is 0.338 e. The Morgan fingerprint density at radius 2 is 1.97 bits per heavy atom. The normalized spacial score (nSPS) is 20.2. The molecule has 1 fully saturated rings. The number of ether oxygens (including phenoxy) is 1. The number of carbonyl (C=O) groups excluding carboxylic acids is 3. The van der Waals surface area contributed by atoms with Crippen LogP contribution in [0.2, 0.25) is 0 Å². The number of urea groups is 1. The number of nitrogens with zero attached hydrogens (tertiary/aromatic N) is 2. The zero-order valence-electron chi connectivity index (χ0n) is 16.5. The molecule has 1 atom stereocenters. The van der Waals surface area contributed by atoms with E-state index in [-0.39, 0.29) is 18.5 Å². The summed E-state index contributed by atoms with van der Waals surface area (Å²) >= 11 is 3.44. The molecule has 2 aliphatic heterocycles. The van der Waals surface area contributed by atoms with Crippen molar-refractivity contribution in [3.05, 3.63) is 45.6 Å². The van der Waals surface area contributed by atoms with Gasteiger partial charge in [0.25, 0.3) is 0 Å². The summed E-state index contributed by atoms with van der Waals surface area (Å²) < 4.78 is 6.15. The monoisotopic (exact) mass is 464 g/mol. The van der Waals surface area contributed by atoms with Crippen LogP contribution in [0.4, 0.5) is 4.79 Å². The molecule has 1 aromatic rings. The van der Waals surface area contributed by atoms with Gasteiger partial charge in [0.1, 0.15) is 0 Å². The zero-order chi connectivity index (χ0) is 21.0. The number of benzene rings is 1. The van der Waals surface area contributed by atoms with E-state index in [2.05, 4.69) is 31.5 Å². The molecule has 0 unspecified atom stereocenters. The van der Waals surface area contributed by atoms with Gasteiger partial charge in [0, 0.05) is 49.8 Å². The zero-order valence-corrected chi connectivity index (χ0v) is 18.1. The molecule has 2 aliphatic rings. The molecule has 29 heavy (non-hydrogen) atoms. The predicted molar refractivity (Wildman–Crippen MR) is 111 cm³/mol. The third-order valence-corrected chi connectivity index (χ3v) is 5.52. The molecule has 156 valence electrons. The van der Waals surface area contributed by atoms with Crippen molar-refractivity contribution in [3.63, 3.8) is 0 Å². The molecule has 9 heteroatoms. The number of rotatable bonds is 5. The fraction of sp³-hybridized carbons (Fsp3) is 0.450. The summed E-state index contributed by atoms with van der Waals surface area (Å²) in [5, 5.41) is 5.63. The molecule has 0 aliphatic carbocycles. The predicted octanol–water partition coefficient (Wildman–Crippen LogP) is 1.78. The molecule has 0 saturated carbocycles. The molecule has 2 heterocycles. The highest BCUT2D eigenvalue weighted by molar-refractivity contribution is 9.10. The van der Waals surface area contributed by atoms with Crippen molar-refractivity contribution in [3.8, 4) is 0 Å². The average molecular weight is 465 g/mol. The molecule has 0 aromatic heterocycles. The van der Waals surface area contributed by atoms with E-state index in [4.69, 9.17) is 4.74 Å². The number of amides is 3. The number of nitrogens with one attached hydrogen (secondary N) is 2. The Hall–Kier alpha value is -2.39. The van der Waals surface area contributed by atoms with Crippen LogP contribution in [-0.4, -0.2) is 67.0 Å². The highest BCUT2D eigenvalue weighted by atomic mass is 79.9. The first kappa shape index (κ1) is 21.3. The summed E-state index contributed by atoms with van der Waals surface area (Å²) in [6.45, 7) is 6.55. The quantitative estimate of drug-likeness (QED) is 0.648. The van der Waals surface area contributed by atoms with Crippen LogP contribution in [0.1, 0.15) is 25.5 Å². The summed E-state index contributed by atoms with van der Waals surface area (Å²) in [5.74, 6) is -0.400. The second-order valence-corrected chi connectivity index (χ2v) is 7.90. The third-order valence-electron chi connectivity index (χ3n) is 5.03. The number of halogens is 1. The van der Waals surface area contributed by atoms with Crippen molar-refractivity contribution in [1.82, 2.24) is 20.4 Å². The third kappa shape index (κ3) is 5.16. The summed E-state index contributed by atoms with van der Waals surface area (Å²) in [5.41, 5.74) is 1.73.